The number of nitrogens with one attached hydrogen (secondary N) is 2. The van der Waals surface area contributed by atoms with E-state index in [1.807, 2.05) is 6.07 Å². The summed E-state index contributed by atoms with van der Waals surface area (Å²) in [6.07, 6.45) is 3.97. The van der Waals surface area contributed by atoms with Gasteiger partial charge in [0.2, 0.25) is 0 Å². The van der Waals surface area contributed by atoms with Crippen LogP contribution in [0, 0.1) is 0 Å². The minimum Gasteiger partial charge on any atom is -0.444 e. The molecule has 0 radical (unpaired) electrons. The van der Waals surface area contributed by atoms with Crippen LogP contribution in [0.2, 0.25) is 0 Å². The van der Waals surface area contributed by atoms with Crippen LogP contribution in [0.1, 0.15) is 68.4 Å². The number of carbonyl (C=O) groups excluding carboxylic acids is 4. The molecule has 42 heavy (non-hydrogen) atoms. The number of rotatable bonds is 8. The van der Waals surface area contributed by atoms with E-state index in [0.29, 0.717) is 41.3 Å². The number of benzene rings is 2. The third-order valence-corrected chi connectivity index (χ3v) is 7.75. The number of nitrogens with zero attached hydrogens (tertiary/aromatic N) is 3. The zero-order chi connectivity index (χ0) is 29.9. The van der Waals surface area contributed by atoms with E-state index in [0.717, 1.165) is 12.8 Å². The topological polar surface area (TPSA) is 121 Å². The molecule has 10 nitrogen and oxygen atoms in total. The molecule has 4 amide bonds. The van der Waals surface area contributed by atoms with Gasteiger partial charge in [-0.15, -0.1) is 11.3 Å². The summed E-state index contributed by atoms with van der Waals surface area (Å²) in [7, 11) is 0. The first kappa shape index (κ1) is 29.2. The fraction of sp³-hybridized carbons (Fsp3) is 0.387. The third-order valence-electron chi connectivity index (χ3n) is 6.99. The Hall–Kier alpha value is -4.25. The second-order valence-corrected chi connectivity index (χ2v) is 12.3. The summed E-state index contributed by atoms with van der Waals surface area (Å²) in [5, 5.41) is 7.93. The van der Waals surface area contributed by atoms with Gasteiger partial charge in [0.15, 0.2) is 5.13 Å². The van der Waals surface area contributed by atoms with Gasteiger partial charge in [-0.3, -0.25) is 19.3 Å². The molecule has 1 aliphatic carbocycles. The maximum absolute atomic E-state index is 14.2. The summed E-state index contributed by atoms with van der Waals surface area (Å²) in [5.41, 5.74) is 0.892. The van der Waals surface area contributed by atoms with Crippen LogP contribution < -0.4 is 15.5 Å². The highest BCUT2D eigenvalue weighted by molar-refractivity contribution is 7.13. The lowest BCUT2D eigenvalue weighted by Gasteiger charge is -2.32. The lowest BCUT2D eigenvalue weighted by atomic mass is 10.0. The van der Waals surface area contributed by atoms with Crippen molar-refractivity contribution in [3.8, 4) is 0 Å². The summed E-state index contributed by atoms with van der Waals surface area (Å²) in [5.74, 6) is -0.850. The highest BCUT2D eigenvalue weighted by atomic mass is 32.1. The molecule has 5 rings (SSSR count). The molecular weight excluding hydrogens is 554 g/mol. The van der Waals surface area contributed by atoms with Crippen LogP contribution in [0.25, 0.3) is 0 Å². The molecule has 220 valence electrons. The van der Waals surface area contributed by atoms with Crippen LogP contribution in [0.15, 0.2) is 66.2 Å². The zero-order valence-electron chi connectivity index (χ0n) is 23.9. The Morgan fingerprint density at radius 2 is 1.74 bits per heavy atom. The van der Waals surface area contributed by atoms with E-state index >= 15 is 0 Å². The molecule has 1 saturated carbocycles. The summed E-state index contributed by atoms with van der Waals surface area (Å²) in [6.45, 7) is 5.61. The highest BCUT2D eigenvalue weighted by Crippen LogP contribution is 2.33. The van der Waals surface area contributed by atoms with Crippen molar-refractivity contribution in [1.82, 2.24) is 20.5 Å². The summed E-state index contributed by atoms with van der Waals surface area (Å²) >= 11 is 1.30. The molecule has 1 aromatic heterocycles. The zero-order valence-corrected chi connectivity index (χ0v) is 24.7. The number of alkyl carbamates (subject to hydrolysis) is 1. The van der Waals surface area contributed by atoms with E-state index in [2.05, 4.69) is 15.6 Å². The Morgan fingerprint density at radius 3 is 2.36 bits per heavy atom. The van der Waals surface area contributed by atoms with Gasteiger partial charge in [0.1, 0.15) is 17.7 Å². The highest BCUT2D eigenvalue weighted by Gasteiger charge is 2.41. The number of aromatic nitrogens is 1. The molecule has 1 aliphatic heterocycles. The van der Waals surface area contributed by atoms with Crippen LogP contribution >= 0.6 is 11.3 Å². The minimum absolute atomic E-state index is 0.145. The van der Waals surface area contributed by atoms with Crippen molar-refractivity contribution in [2.45, 2.75) is 70.2 Å². The van der Waals surface area contributed by atoms with Crippen molar-refractivity contribution in [1.29, 1.82) is 0 Å². The molecule has 3 aromatic rings. The fourth-order valence-electron chi connectivity index (χ4n) is 4.88. The second-order valence-electron chi connectivity index (χ2n) is 11.5. The molecule has 2 aliphatic rings. The summed E-state index contributed by atoms with van der Waals surface area (Å²) in [4.78, 5) is 60.9. The van der Waals surface area contributed by atoms with Crippen LogP contribution in [-0.4, -0.2) is 57.9 Å². The van der Waals surface area contributed by atoms with Gasteiger partial charge in [0.05, 0.1) is 5.69 Å². The van der Waals surface area contributed by atoms with Crippen molar-refractivity contribution in [3.63, 3.8) is 0 Å². The van der Waals surface area contributed by atoms with Gasteiger partial charge in [-0.05, 0) is 76.3 Å². The van der Waals surface area contributed by atoms with Crippen LogP contribution in [-0.2, 0) is 14.3 Å². The minimum atomic E-state index is -1.04. The van der Waals surface area contributed by atoms with Gasteiger partial charge in [-0.25, -0.2) is 9.78 Å². The van der Waals surface area contributed by atoms with Gasteiger partial charge in [-0.1, -0.05) is 30.3 Å². The van der Waals surface area contributed by atoms with Crippen molar-refractivity contribution in [2.75, 3.05) is 11.4 Å². The normalized spacial score (nSPS) is 17.3. The smallest absolute Gasteiger partial charge is 0.408 e. The number of hydrogen-bond acceptors (Lipinski definition) is 7. The first-order valence-electron chi connectivity index (χ1n) is 14.1. The second kappa shape index (κ2) is 12.3. The monoisotopic (exact) mass is 589 g/mol. The number of anilines is 2. The molecule has 2 unspecified atom stereocenters. The van der Waals surface area contributed by atoms with Crippen molar-refractivity contribution in [2.24, 2.45) is 0 Å². The van der Waals surface area contributed by atoms with Gasteiger partial charge in [0, 0.05) is 29.7 Å². The average molecular weight is 590 g/mol. The first-order valence-corrected chi connectivity index (χ1v) is 15.0. The SMILES string of the molecule is CC(C)(C)OC(=O)NC(C(=O)N1CCCC1C(=O)N(c1ccc(C(=O)NC2CC2)cc1)c1nccs1)c1ccccc1. The van der Waals surface area contributed by atoms with E-state index in [1.165, 1.54) is 21.1 Å². The predicted octanol–water partition coefficient (Wildman–Crippen LogP) is 4.96. The number of likely N-dealkylation sites (tertiary alicyclic amines) is 1. The predicted molar refractivity (Wildman–Crippen MR) is 159 cm³/mol. The molecule has 11 heteroatoms. The fourth-order valence-corrected chi connectivity index (χ4v) is 5.54. The van der Waals surface area contributed by atoms with Crippen LogP contribution in [0.4, 0.5) is 15.6 Å². The van der Waals surface area contributed by atoms with Gasteiger partial charge in [-0.2, -0.15) is 0 Å². The molecule has 0 bridgehead atoms. The standard InChI is InChI=1S/C31H35N5O5S/c1-31(2,3)41-30(40)34-25(20-8-5-4-6-9-20)28(39)35-18-7-10-24(35)27(38)36(29-32-17-19-42-29)23-15-11-21(12-16-23)26(37)33-22-13-14-22/h4-6,8-9,11-12,15-17,19,22,24-25H,7,10,13-14,18H2,1-3H3,(H,33,37)(H,34,40). The van der Waals surface area contributed by atoms with E-state index < -0.39 is 29.7 Å². The molecule has 0 spiro atoms. The van der Waals surface area contributed by atoms with Crippen LogP contribution in [0.3, 0.4) is 0 Å². The third kappa shape index (κ3) is 6.96. The van der Waals surface area contributed by atoms with E-state index in [4.69, 9.17) is 4.74 Å². The molecule has 2 heterocycles. The van der Waals surface area contributed by atoms with Crippen molar-refractivity contribution in [3.05, 3.63) is 77.3 Å². The van der Waals surface area contributed by atoms with Crippen molar-refractivity contribution >= 4 is 46.0 Å². The van der Waals surface area contributed by atoms with Gasteiger partial charge in [0.25, 0.3) is 17.7 Å². The lowest BCUT2D eigenvalue weighted by Crippen LogP contribution is -2.50. The summed E-state index contributed by atoms with van der Waals surface area (Å²) < 4.78 is 5.44. The largest absolute Gasteiger partial charge is 0.444 e. The van der Waals surface area contributed by atoms with Crippen molar-refractivity contribution < 1.29 is 23.9 Å². The Labute approximate surface area is 249 Å². The molecule has 2 N–H and O–H groups in total. The number of carbonyl (C=O) groups is 4. The van der Waals surface area contributed by atoms with E-state index in [1.54, 1.807) is 80.9 Å². The Balaban J connectivity index is 1.40. The molecular formula is C31H35N5O5S. The first-order chi connectivity index (χ1) is 20.1. The Kier molecular flexibility index (Phi) is 8.58. The van der Waals surface area contributed by atoms with Gasteiger partial charge < -0.3 is 20.3 Å². The Morgan fingerprint density at radius 1 is 1.02 bits per heavy atom. The average Bonchev–Trinajstić information content (AvgIpc) is 3.39. The maximum Gasteiger partial charge on any atom is 0.408 e. The molecule has 2 fully saturated rings. The molecule has 2 aromatic carbocycles. The number of thiazole rings is 1. The quantitative estimate of drug-likeness (QED) is 0.383. The molecule has 2 atom stereocenters. The number of ether oxygens (including phenoxy) is 1. The maximum atomic E-state index is 14.2. The van der Waals surface area contributed by atoms with E-state index in [-0.39, 0.29) is 17.9 Å². The number of hydrogen-bond donors (Lipinski definition) is 2. The Bertz CT molecular complexity index is 1420. The lowest BCUT2D eigenvalue weighted by molar-refractivity contribution is -0.139. The van der Waals surface area contributed by atoms with Gasteiger partial charge >= 0.3 is 6.09 Å². The van der Waals surface area contributed by atoms with Crippen LogP contribution in [0.5, 0.6) is 0 Å². The summed E-state index contributed by atoms with van der Waals surface area (Å²) in [6, 6.07) is 14.2. The number of amides is 4. The van der Waals surface area contributed by atoms with E-state index in [9.17, 15) is 19.2 Å². The molecule has 1 saturated heterocycles.